The zero-order valence-corrected chi connectivity index (χ0v) is 11.4. The summed E-state index contributed by atoms with van der Waals surface area (Å²) in [5, 5.41) is 0. The average Bonchev–Trinajstić information content (AvgIpc) is 2.26. The molecule has 0 amide bonds. The van der Waals surface area contributed by atoms with Crippen LogP contribution >= 0.6 is 0 Å². The molecule has 0 aliphatic carbocycles. The molecule has 6 heteroatoms. The Morgan fingerprint density at radius 1 is 1.39 bits per heavy atom. The van der Waals surface area contributed by atoms with Crippen LogP contribution in [0.25, 0.3) is 0 Å². The number of aromatic nitrogens is 2. The van der Waals surface area contributed by atoms with Gasteiger partial charge in [0.1, 0.15) is 4.75 Å². The van der Waals surface area contributed by atoms with E-state index in [1.165, 1.54) is 0 Å². The number of sulfone groups is 1. The van der Waals surface area contributed by atoms with Gasteiger partial charge in [-0.3, -0.25) is 0 Å². The Morgan fingerprint density at radius 2 is 2.11 bits per heavy atom. The van der Waals surface area contributed by atoms with E-state index in [0.29, 0.717) is 30.7 Å². The minimum atomic E-state index is -2.85. The van der Waals surface area contributed by atoms with Crippen molar-refractivity contribution in [3.05, 3.63) is 18.0 Å². The lowest BCUT2D eigenvalue weighted by Crippen LogP contribution is -2.72. The van der Waals surface area contributed by atoms with Crippen molar-refractivity contribution in [2.45, 2.75) is 30.9 Å². The summed E-state index contributed by atoms with van der Waals surface area (Å²) in [5.41, 5.74) is 0.998. The van der Waals surface area contributed by atoms with E-state index in [9.17, 15) is 8.42 Å². The van der Waals surface area contributed by atoms with Gasteiger partial charge in [0.25, 0.3) is 0 Å². The molecule has 0 radical (unpaired) electrons. The van der Waals surface area contributed by atoms with Crippen molar-refractivity contribution >= 4 is 15.8 Å². The molecule has 3 rings (SSSR count). The highest BCUT2D eigenvalue weighted by Gasteiger charge is 2.60. The van der Waals surface area contributed by atoms with E-state index in [-0.39, 0.29) is 0 Å². The molecular formula is C12H17N3O2S. The quantitative estimate of drug-likeness (QED) is 0.799. The number of nitrogens with zero attached hydrogens (tertiary/aromatic N) is 3. The van der Waals surface area contributed by atoms with Crippen molar-refractivity contribution < 1.29 is 8.42 Å². The largest absolute Gasteiger partial charge is 0.337 e. The Morgan fingerprint density at radius 3 is 2.61 bits per heavy atom. The molecule has 0 bridgehead atoms. The molecule has 1 aromatic heterocycles. The summed E-state index contributed by atoms with van der Waals surface area (Å²) in [6, 6.07) is 1.91. The third-order valence-corrected chi connectivity index (χ3v) is 6.51. The van der Waals surface area contributed by atoms with Gasteiger partial charge >= 0.3 is 0 Å². The summed E-state index contributed by atoms with van der Waals surface area (Å²) in [5.74, 6) is 1.36. The minimum Gasteiger partial charge on any atom is -0.337 e. The second-order valence-electron chi connectivity index (χ2n) is 5.54. The van der Waals surface area contributed by atoms with Gasteiger partial charge in [0.05, 0.1) is 5.75 Å². The molecule has 0 N–H and O–H groups in total. The maximum Gasteiger partial charge on any atom is 0.225 e. The normalized spacial score (nSPS) is 23.8. The summed E-state index contributed by atoms with van der Waals surface area (Å²) < 4.78 is 22.9. The van der Waals surface area contributed by atoms with Gasteiger partial charge in [0, 0.05) is 25.0 Å². The van der Waals surface area contributed by atoms with Crippen LogP contribution in [0.1, 0.15) is 31.9 Å². The molecule has 1 spiro atoms. The zero-order chi connectivity index (χ0) is 13.0. The van der Waals surface area contributed by atoms with Gasteiger partial charge in [-0.15, -0.1) is 0 Å². The van der Waals surface area contributed by atoms with Crippen LogP contribution in [-0.2, 0) is 9.84 Å². The molecule has 18 heavy (non-hydrogen) atoms. The van der Waals surface area contributed by atoms with Crippen molar-refractivity contribution in [3.8, 4) is 0 Å². The smallest absolute Gasteiger partial charge is 0.225 e. The molecule has 0 unspecified atom stereocenters. The Hall–Kier alpha value is -1.17. The molecule has 0 aromatic carbocycles. The Balaban J connectivity index is 1.78. The maximum atomic E-state index is 11.7. The zero-order valence-electron chi connectivity index (χ0n) is 10.6. The lowest BCUT2D eigenvalue weighted by Gasteiger charge is -2.54. The third kappa shape index (κ3) is 1.55. The van der Waals surface area contributed by atoms with Crippen molar-refractivity contribution in [1.29, 1.82) is 0 Å². The minimum absolute atomic E-state index is 0.341. The fourth-order valence-electron chi connectivity index (χ4n) is 2.54. The van der Waals surface area contributed by atoms with Crippen LogP contribution in [0, 0.1) is 0 Å². The first-order valence-corrected chi connectivity index (χ1v) is 7.89. The topological polar surface area (TPSA) is 63.2 Å². The van der Waals surface area contributed by atoms with Crippen molar-refractivity contribution in [2.24, 2.45) is 0 Å². The molecule has 2 saturated heterocycles. The van der Waals surface area contributed by atoms with Crippen molar-refractivity contribution in [2.75, 3.05) is 23.7 Å². The second kappa shape index (κ2) is 3.66. The Labute approximate surface area is 107 Å². The van der Waals surface area contributed by atoms with E-state index in [4.69, 9.17) is 0 Å². The van der Waals surface area contributed by atoms with Crippen LogP contribution in [0.3, 0.4) is 0 Å². The van der Waals surface area contributed by atoms with Crippen LogP contribution < -0.4 is 4.90 Å². The number of anilines is 1. The summed E-state index contributed by atoms with van der Waals surface area (Å²) in [6.45, 7) is 5.27. The summed E-state index contributed by atoms with van der Waals surface area (Å²) in [7, 11) is -2.85. The molecule has 3 heterocycles. The van der Waals surface area contributed by atoms with E-state index in [2.05, 4.69) is 23.8 Å². The first-order valence-electron chi connectivity index (χ1n) is 6.24. The van der Waals surface area contributed by atoms with Crippen molar-refractivity contribution in [3.63, 3.8) is 0 Å². The van der Waals surface area contributed by atoms with Gasteiger partial charge in [-0.05, 0) is 18.4 Å². The van der Waals surface area contributed by atoms with Crippen LogP contribution in [0.15, 0.2) is 12.3 Å². The molecular weight excluding hydrogens is 250 g/mol. The van der Waals surface area contributed by atoms with E-state index in [1.807, 2.05) is 11.0 Å². The molecule has 98 valence electrons. The number of hydrogen-bond acceptors (Lipinski definition) is 5. The Bertz CT molecular complexity index is 577. The van der Waals surface area contributed by atoms with E-state index in [1.54, 1.807) is 6.20 Å². The molecule has 0 saturated carbocycles. The van der Waals surface area contributed by atoms with Crippen LogP contribution in [0.2, 0.25) is 0 Å². The predicted molar refractivity (Wildman–Crippen MR) is 69.5 cm³/mol. The van der Waals surface area contributed by atoms with Gasteiger partial charge in [0.2, 0.25) is 5.95 Å². The first-order chi connectivity index (χ1) is 8.44. The van der Waals surface area contributed by atoms with Gasteiger partial charge in [0.15, 0.2) is 9.84 Å². The molecule has 1 aromatic rings. The van der Waals surface area contributed by atoms with Crippen LogP contribution in [-0.4, -0.2) is 42.0 Å². The average molecular weight is 267 g/mol. The van der Waals surface area contributed by atoms with Gasteiger partial charge in [-0.1, -0.05) is 13.8 Å². The number of hydrogen-bond donors (Lipinski definition) is 0. The third-order valence-electron chi connectivity index (χ3n) is 3.98. The molecule has 5 nitrogen and oxygen atoms in total. The van der Waals surface area contributed by atoms with Gasteiger partial charge in [-0.2, -0.15) is 0 Å². The SMILES string of the molecule is CC(C)c1ccnc(N2CC3(CCS3(=O)=O)C2)n1. The molecule has 2 aliphatic rings. The van der Waals surface area contributed by atoms with E-state index < -0.39 is 14.6 Å². The lowest BCUT2D eigenvalue weighted by molar-refractivity contribution is 0.369. The van der Waals surface area contributed by atoms with Crippen LogP contribution in [0.5, 0.6) is 0 Å². The summed E-state index contributed by atoms with van der Waals surface area (Å²) in [4.78, 5) is 10.7. The highest BCUT2D eigenvalue weighted by molar-refractivity contribution is 7.94. The number of rotatable bonds is 2. The maximum absolute atomic E-state index is 11.7. The highest BCUT2D eigenvalue weighted by Crippen LogP contribution is 2.42. The highest BCUT2D eigenvalue weighted by atomic mass is 32.2. The predicted octanol–water partition coefficient (Wildman–Crippen LogP) is 0.977. The summed E-state index contributed by atoms with van der Waals surface area (Å²) >= 11 is 0. The van der Waals surface area contributed by atoms with Gasteiger partial charge in [-0.25, -0.2) is 18.4 Å². The lowest BCUT2D eigenvalue weighted by atomic mass is 9.95. The fourth-order valence-corrected chi connectivity index (χ4v) is 4.36. The monoisotopic (exact) mass is 267 g/mol. The van der Waals surface area contributed by atoms with Crippen molar-refractivity contribution in [1.82, 2.24) is 9.97 Å². The molecule has 2 fully saturated rings. The standard InChI is InChI=1S/C12H17N3O2S/c1-9(2)10-3-5-13-11(14-10)15-7-12(8-15)4-6-18(12,16)17/h3,5,9H,4,6-8H2,1-2H3. The molecule has 2 aliphatic heterocycles. The molecule has 0 atom stereocenters. The summed E-state index contributed by atoms with van der Waals surface area (Å²) in [6.07, 6.45) is 2.54. The first kappa shape index (κ1) is 11.9. The van der Waals surface area contributed by atoms with Gasteiger partial charge < -0.3 is 4.90 Å². The Kier molecular flexibility index (Phi) is 2.42. The second-order valence-corrected chi connectivity index (χ2v) is 8.05. The fraction of sp³-hybridized carbons (Fsp3) is 0.667. The van der Waals surface area contributed by atoms with E-state index >= 15 is 0 Å². The van der Waals surface area contributed by atoms with E-state index in [0.717, 1.165) is 12.1 Å². The van der Waals surface area contributed by atoms with Crippen LogP contribution in [0.4, 0.5) is 5.95 Å².